The topological polar surface area (TPSA) is 113 Å². The van der Waals surface area contributed by atoms with Crippen molar-refractivity contribution in [2.75, 3.05) is 0 Å². The number of nitrogens with one attached hydrogen (secondary N) is 1. The van der Waals surface area contributed by atoms with Gasteiger partial charge < -0.3 is 21.3 Å². The first-order chi connectivity index (χ1) is 11.0. The van der Waals surface area contributed by atoms with E-state index >= 15 is 0 Å². The van der Waals surface area contributed by atoms with Crippen molar-refractivity contribution in [1.29, 1.82) is 0 Å². The highest BCUT2D eigenvalue weighted by Crippen LogP contribution is 2.22. The molecule has 2 aliphatic rings. The molecule has 0 heterocycles. The fourth-order valence-electron chi connectivity index (χ4n) is 3.27. The molecule has 6 nitrogen and oxygen atoms in total. The van der Waals surface area contributed by atoms with Crippen LogP contribution in [0.3, 0.4) is 0 Å². The highest BCUT2D eigenvalue weighted by atomic mass is 16.4. The highest BCUT2D eigenvalue weighted by molar-refractivity contribution is 5.74. The molecule has 0 aromatic rings. The van der Waals surface area contributed by atoms with Crippen LogP contribution in [0.5, 0.6) is 0 Å². The summed E-state index contributed by atoms with van der Waals surface area (Å²) >= 11 is 0. The van der Waals surface area contributed by atoms with Crippen molar-refractivity contribution >= 4 is 11.9 Å². The SMILES string of the molecule is C1CCC(NC2CCCCC2)CC1.NC(CCC(=O)O)C(=O)O. The Morgan fingerprint density at radius 3 is 1.70 bits per heavy atom. The average Bonchev–Trinajstić information content (AvgIpc) is 2.55. The average molecular weight is 328 g/mol. The second-order valence-corrected chi connectivity index (χ2v) is 6.71. The van der Waals surface area contributed by atoms with Gasteiger partial charge in [0.2, 0.25) is 0 Å². The maximum atomic E-state index is 9.99. The second-order valence-electron chi connectivity index (χ2n) is 6.71. The molecule has 2 fully saturated rings. The molecule has 134 valence electrons. The summed E-state index contributed by atoms with van der Waals surface area (Å²) < 4.78 is 0. The van der Waals surface area contributed by atoms with Crippen LogP contribution in [0, 0.1) is 0 Å². The standard InChI is InChI=1S/C12H23N.C5H9NO4/c1-3-7-11(8-4-1)13-12-9-5-2-6-10-12;6-3(5(9)10)1-2-4(7)8/h11-13H,1-10H2;3H,1-2,6H2,(H,7,8)(H,9,10). The predicted octanol–water partition coefficient (Wildman–Crippen LogP) is 2.50. The molecular weight excluding hydrogens is 296 g/mol. The molecule has 2 rings (SSSR count). The lowest BCUT2D eigenvalue weighted by Crippen LogP contribution is -2.40. The minimum Gasteiger partial charge on any atom is -0.481 e. The lowest BCUT2D eigenvalue weighted by molar-refractivity contribution is -0.139. The Bertz CT molecular complexity index is 335. The molecule has 1 unspecified atom stereocenters. The summed E-state index contributed by atoms with van der Waals surface area (Å²) in [6.07, 6.45) is 14.3. The van der Waals surface area contributed by atoms with Gasteiger partial charge in [0.25, 0.3) is 0 Å². The minimum absolute atomic E-state index is 0.0231. The molecular formula is C17H32N2O4. The molecule has 2 aliphatic carbocycles. The molecule has 0 aromatic carbocycles. The third-order valence-electron chi connectivity index (χ3n) is 4.67. The van der Waals surface area contributed by atoms with E-state index in [1.54, 1.807) is 0 Å². The first-order valence-corrected chi connectivity index (χ1v) is 8.95. The molecule has 5 N–H and O–H groups in total. The van der Waals surface area contributed by atoms with Crippen molar-refractivity contribution in [1.82, 2.24) is 5.32 Å². The number of carbonyl (C=O) groups is 2. The summed E-state index contributed by atoms with van der Waals surface area (Å²) in [5, 5.41) is 20.1. The molecule has 0 saturated heterocycles. The molecule has 6 heteroatoms. The lowest BCUT2D eigenvalue weighted by atomic mass is 9.91. The van der Waals surface area contributed by atoms with E-state index in [2.05, 4.69) is 5.32 Å². The van der Waals surface area contributed by atoms with Gasteiger partial charge in [0.1, 0.15) is 6.04 Å². The first-order valence-electron chi connectivity index (χ1n) is 8.95. The van der Waals surface area contributed by atoms with Gasteiger partial charge >= 0.3 is 11.9 Å². The highest BCUT2D eigenvalue weighted by Gasteiger charge is 2.19. The summed E-state index contributed by atoms with van der Waals surface area (Å²) in [4.78, 5) is 19.9. The fourth-order valence-corrected chi connectivity index (χ4v) is 3.27. The van der Waals surface area contributed by atoms with E-state index in [0.717, 1.165) is 12.1 Å². The van der Waals surface area contributed by atoms with E-state index in [-0.39, 0.29) is 12.8 Å². The summed E-state index contributed by atoms with van der Waals surface area (Å²) in [6.45, 7) is 0. The van der Waals surface area contributed by atoms with E-state index in [1.165, 1.54) is 64.2 Å². The lowest BCUT2D eigenvalue weighted by Gasteiger charge is -2.30. The molecule has 0 amide bonds. The van der Waals surface area contributed by atoms with E-state index in [0.29, 0.717) is 0 Å². The smallest absolute Gasteiger partial charge is 0.320 e. The van der Waals surface area contributed by atoms with Gasteiger partial charge in [0, 0.05) is 18.5 Å². The summed E-state index contributed by atoms with van der Waals surface area (Å²) in [5.74, 6) is -2.20. The van der Waals surface area contributed by atoms with Gasteiger partial charge in [-0.05, 0) is 32.1 Å². The van der Waals surface area contributed by atoms with Crippen LogP contribution in [-0.4, -0.2) is 40.3 Å². The van der Waals surface area contributed by atoms with Crippen molar-refractivity contribution in [3.63, 3.8) is 0 Å². The molecule has 0 spiro atoms. The largest absolute Gasteiger partial charge is 0.481 e. The van der Waals surface area contributed by atoms with Gasteiger partial charge in [0.15, 0.2) is 0 Å². The fraction of sp³-hybridized carbons (Fsp3) is 0.882. The number of carboxylic acid groups (broad SMARTS) is 2. The Morgan fingerprint density at radius 2 is 1.35 bits per heavy atom. The van der Waals surface area contributed by atoms with Crippen LogP contribution in [0.1, 0.15) is 77.0 Å². The van der Waals surface area contributed by atoms with Crippen LogP contribution in [0.15, 0.2) is 0 Å². The first kappa shape index (κ1) is 19.9. The maximum Gasteiger partial charge on any atom is 0.320 e. The van der Waals surface area contributed by atoms with E-state index in [1.807, 2.05) is 0 Å². The number of carboxylic acids is 2. The number of nitrogens with two attached hydrogens (primary N) is 1. The monoisotopic (exact) mass is 328 g/mol. The van der Waals surface area contributed by atoms with Gasteiger partial charge in [-0.15, -0.1) is 0 Å². The Hall–Kier alpha value is -1.14. The Morgan fingerprint density at radius 1 is 0.913 bits per heavy atom. The molecule has 23 heavy (non-hydrogen) atoms. The summed E-state index contributed by atoms with van der Waals surface area (Å²) in [5.41, 5.74) is 5.00. The number of hydrogen-bond donors (Lipinski definition) is 4. The van der Waals surface area contributed by atoms with Crippen LogP contribution < -0.4 is 11.1 Å². The van der Waals surface area contributed by atoms with E-state index < -0.39 is 18.0 Å². The Balaban J connectivity index is 0.000000241. The van der Waals surface area contributed by atoms with Crippen LogP contribution in [-0.2, 0) is 9.59 Å². The van der Waals surface area contributed by atoms with Crippen LogP contribution in [0.25, 0.3) is 0 Å². The Kier molecular flexibility index (Phi) is 9.87. The van der Waals surface area contributed by atoms with Gasteiger partial charge in [0.05, 0.1) is 0 Å². The Labute approximate surface area is 138 Å². The molecule has 0 aromatic heterocycles. The quantitative estimate of drug-likeness (QED) is 0.596. The van der Waals surface area contributed by atoms with Crippen molar-refractivity contribution in [3.05, 3.63) is 0 Å². The van der Waals surface area contributed by atoms with Gasteiger partial charge in [-0.25, -0.2) is 0 Å². The third kappa shape index (κ3) is 9.56. The van der Waals surface area contributed by atoms with Crippen molar-refractivity contribution in [3.8, 4) is 0 Å². The number of hydrogen-bond acceptors (Lipinski definition) is 4. The summed E-state index contributed by atoms with van der Waals surface area (Å²) in [7, 11) is 0. The van der Waals surface area contributed by atoms with E-state index in [4.69, 9.17) is 15.9 Å². The zero-order chi connectivity index (χ0) is 17.1. The number of rotatable bonds is 6. The zero-order valence-corrected chi connectivity index (χ0v) is 14.0. The van der Waals surface area contributed by atoms with Gasteiger partial charge in [-0.1, -0.05) is 38.5 Å². The molecule has 0 aliphatic heterocycles. The molecule has 1 atom stereocenters. The van der Waals surface area contributed by atoms with Crippen molar-refractivity contribution in [2.24, 2.45) is 5.73 Å². The third-order valence-corrected chi connectivity index (χ3v) is 4.67. The molecule has 0 radical (unpaired) electrons. The van der Waals surface area contributed by atoms with Crippen molar-refractivity contribution in [2.45, 2.75) is 95.2 Å². The maximum absolute atomic E-state index is 9.99. The van der Waals surface area contributed by atoms with Crippen LogP contribution in [0.4, 0.5) is 0 Å². The van der Waals surface area contributed by atoms with Crippen LogP contribution >= 0.6 is 0 Å². The summed E-state index contributed by atoms with van der Waals surface area (Å²) in [6, 6.07) is 0.685. The van der Waals surface area contributed by atoms with Crippen molar-refractivity contribution < 1.29 is 19.8 Å². The number of aliphatic carboxylic acids is 2. The predicted molar refractivity (Wildman–Crippen MR) is 89.4 cm³/mol. The molecule has 2 saturated carbocycles. The minimum atomic E-state index is -1.17. The molecule has 0 bridgehead atoms. The van der Waals surface area contributed by atoms with Gasteiger partial charge in [-0.3, -0.25) is 9.59 Å². The zero-order valence-electron chi connectivity index (χ0n) is 14.0. The van der Waals surface area contributed by atoms with Crippen LogP contribution in [0.2, 0.25) is 0 Å². The van der Waals surface area contributed by atoms with E-state index in [9.17, 15) is 9.59 Å². The second kappa shape index (κ2) is 11.4. The normalized spacial score (nSPS) is 21.1. The van der Waals surface area contributed by atoms with Gasteiger partial charge in [-0.2, -0.15) is 0 Å².